The maximum absolute atomic E-state index is 12.0. The highest BCUT2D eigenvalue weighted by Crippen LogP contribution is 2.14. The van der Waals surface area contributed by atoms with E-state index in [-0.39, 0.29) is 18.2 Å². The quantitative estimate of drug-likeness (QED) is 0.863. The molecule has 0 amide bonds. The minimum absolute atomic E-state index is 0.134. The van der Waals surface area contributed by atoms with Crippen molar-refractivity contribution in [1.29, 1.82) is 5.26 Å². The summed E-state index contributed by atoms with van der Waals surface area (Å²) in [7, 11) is 0. The van der Waals surface area contributed by atoms with E-state index in [4.69, 9.17) is 10.00 Å². The maximum atomic E-state index is 12.0. The van der Waals surface area contributed by atoms with Crippen LogP contribution in [0.2, 0.25) is 0 Å². The fourth-order valence-corrected chi connectivity index (χ4v) is 1.80. The third-order valence-electron chi connectivity index (χ3n) is 2.82. The standard InChI is InChI=1S/C15H15N3O3/c1-9(2)8-21-15(20)10(7-16)13-14(19)18-12-6-4-3-5-11(12)17-13/h3-6,9-10H,8H2,1-2H3,(H,18,19). The third kappa shape index (κ3) is 3.26. The molecular weight excluding hydrogens is 270 g/mol. The summed E-state index contributed by atoms with van der Waals surface area (Å²) in [6.07, 6.45) is 0. The minimum Gasteiger partial charge on any atom is -0.464 e. The Labute approximate surface area is 121 Å². The van der Waals surface area contributed by atoms with Gasteiger partial charge >= 0.3 is 5.97 Å². The Morgan fingerprint density at radius 2 is 2.14 bits per heavy atom. The second-order valence-electron chi connectivity index (χ2n) is 5.05. The first-order valence-corrected chi connectivity index (χ1v) is 6.58. The molecule has 0 spiro atoms. The Morgan fingerprint density at radius 3 is 2.81 bits per heavy atom. The Kier molecular flexibility index (Phi) is 4.33. The molecule has 1 unspecified atom stereocenters. The van der Waals surface area contributed by atoms with E-state index in [0.29, 0.717) is 11.0 Å². The van der Waals surface area contributed by atoms with Crippen LogP contribution in [0.4, 0.5) is 0 Å². The first-order valence-electron chi connectivity index (χ1n) is 6.58. The number of aromatic nitrogens is 2. The van der Waals surface area contributed by atoms with Crippen LogP contribution in [-0.2, 0) is 9.53 Å². The number of esters is 1. The van der Waals surface area contributed by atoms with Crippen molar-refractivity contribution in [3.05, 3.63) is 40.3 Å². The molecule has 1 atom stereocenters. The van der Waals surface area contributed by atoms with Gasteiger partial charge in [0.05, 0.1) is 23.7 Å². The number of aromatic amines is 1. The number of H-pyrrole nitrogens is 1. The Hall–Kier alpha value is -2.68. The highest BCUT2D eigenvalue weighted by Gasteiger charge is 2.27. The van der Waals surface area contributed by atoms with Crippen molar-refractivity contribution in [1.82, 2.24) is 9.97 Å². The molecule has 0 bridgehead atoms. The zero-order valence-corrected chi connectivity index (χ0v) is 11.8. The first kappa shape index (κ1) is 14.7. The van der Waals surface area contributed by atoms with E-state index in [1.807, 2.05) is 13.8 Å². The topological polar surface area (TPSA) is 95.8 Å². The maximum Gasteiger partial charge on any atom is 0.329 e. The average molecular weight is 285 g/mol. The molecule has 0 saturated carbocycles. The summed E-state index contributed by atoms with van der Waals surface area (Å²) < 4.78 is 5.02. The zero-order valence-electron chi connectivity index (χ0n) is 11.8. The number of ether oxygens (including phenoxy) is 1. The summed E-state index contributed by atoms with van der Waals surface area (Å²) >= 11 is 0. The van der Waals surface area contributed by atoms with E-state index in [0.717, 1.165) is 0 Å². The SMILES string of the molecule is CC(C)COC(=O)C(C#N)c1nc2ccccc2[nH]c1=O. The van der Waals surface area contributed by atoms with Gasteiger partial charge in [0.15, 0.2) is 5.92 Å². The van der Waals surface area contributed by atoms with Crippen molar-refractivity contribution in [3.63, 3.8) is 0 Å². The van der Waals surface area contributed by atoms with Gasteiger partial charge in [-0.05, 0) is 18.1 Å². The molecule has 6 heteroatoms. The lowest BCUT2D eigenvalue weighted by Crippen LogP contribution is -2.25. The minimum atomic E-state index is -1.32. The number of nitrogens with one attached hydrogen (secondary N) is 1. The number of benzene rings is 1. The van der Waals surface area contributed by atoms with E-state index >= 15 is 0 Å². The van der Waals surface area contributed by atoms with Crippen LogP contribution in [0.1, 0.15) is 25.5 Å². The van der Waals surface area contributed by atoms with Gasteiger partial charge in [0.1, 0.15) is 5.69 Å². The van der Waals surface area contributed by atoms with Gasteiger partial charge in [-0.25, -0.2) is 4.98 Å². The number of nitrogens with zero attached hydrogens (tertiary/aromatic N) is 2. The highest BCUT2D eigenvalue weighted by atomic mass is 16.5. The van der Waals surface area contributed by atoms with Gasteiger partial charge in [-0.3, -0.25) is 9.59 Å². The van der Waals surface area contributed by atoms with Crippen molar-refractivity contribution in [2.75, 3.05) is 6.61 Å². The molecule has 1 aromatic heterocycles. The van der Waals surface area contributed by atoms with Gasteiger partial charge in [0, 0.05) is 0 Å². The van der Waals surface area contributed by atoms with E-state index in [2.05, 4.69) is 9.97 Å². The Balaban J connectivity index is 2.38. The molecule has 108 valence electrons. The zero-order chi connectivity index (χ0) is 15.4. The summed E-state index contributed by atoms with van der Waals surface area (Å²) in [5, 5.41) is 9.17. The van der Waals surface area contributed by atoms with Crippen LogP contribution < -0.4 is 5.56 Å². The summed E-state index contributed by atoms with van der Waals surface area (Å²) in [5.74, 6) is -1.92. The lowest BCUT2D eigenvalue weighted by molar-refractivity contribution is -0.145. The average Bonchev–Trinajstić information content (AvgIpc) is 2.46. The molecule has 0 radical (unpaired) electrons. The van der Waals surface area contributed by atoms with Crippen molar-refractivity contribution < 1.29 is 9.53 Å². The van der Waals surface area contributed by atoms with E-state index < -0.39 is 17.4 Å². The van der Waals surface area contributed by atoms with Crippen LogP contribution >= 0.6 is 0 Å². The molecule has 0 aliphatic carbocycles. The fraction of sp³-hybridized carbons (Fsp3) is 0.333. The second-order valence-corrected chi connectivity index (χ2v) is 5.05. The van der Waals surface area contributed by atoms with Gasteiger partial charge in [0.25, 0.3) is 5.56 Å². The fourth-order valence-electron chi connectivity index (χ4n) is 1.80. The third-order valence-corrected chi connectivity index (χ3v) is 2.82. The van der Waals surface area contributed by atoms with Crippen molar-refractivity contribution in [3.8, 4) is 6.07 Å². The molecular formula is C15H15N3O3. The molecule has 2 aromatic rings. The number of rotatable bonds is 4. The van der Waals surface area contributed by atoms with Crippen LogP contribution in [0, 0.1) is 17.2 Å². The number of carbonyl (C=O) groups is 1. The van der Waals surface area contributed by atoms with Crippen molar-refractivity contribution in [2.45, 2.75) is 19.8 Å². The van der Waals surface area contributed by atoms with Gasteiger partial charge in [-0.1, -0.05) is 26.0 Å². The van der Waals surface area contributed by atoms with E-state index in [9.17, 15) is 9.59 Å². The lowest BCUT2D eigenvalue weighted by Gasteiger charge is -2.10. The number of carbonyl (C=O) groups excluding carboxylic acids is 1. The molecule has 1 heterocycles. The van der Waals surface area contributed by atoms with Crippen LogP contribution in [0.5, 0.6) is 0 Å². The van der Waals surface area contributed by atoms with E-state index in [1.165, 1.54) is 0 Å². The van der Waals surface area contributed by atoms with Gasteiger partial charge in [-0.15, -0.1) is 0 Å². The molecule has 0 saturated heterocycles. The molecule has 1 aromatic carbocycles. The number of nitriles is 1. The van der Waals surface area contributed by atoms with Gasteiger partial charge in [0.2, 0.25) is 0 Å². The molecule has 6 nitrogen and oxygen atoms in total. The summed E-state index contributed by atoms with van der Waals surface area (Å²) in [5.41, 5.74) is 0.384. The number of para-hydroxylation sites is 2. The molecule has 21 heavy (non-hydrogen) atoms. The Bertz CT molecular complexity index is 759. The predicted octanol–water partition coefficient (Wildman–Crippen LogP) is 1.73. The van der Waals surface area contributed by atoms with E-state index in [1.54, 1.807) is 30.3 Å². The van der Waals surface area contributed by atoms with Crippen molar-refractivity contribution >= 4 is 17.0 Å². The van der Waals surface area contributed by atoms with Crippen LogP contribution in [0.15, 0.2) is 29.1 Å². The smallest absolute Gasteiger partial charge is 0.329 e. The molecule has 0 fully saturated rings. The first-order chi connectivity index (χ1) is 10.0. The molecule has 1 N–H and O–H groups in total. The predicted molar refractivity (Wildman–Crippen MR) is 76.5 cm³/mol. The van der Waals surface area contributed by atoms with Crippen molar-refractivity contribution in [2.24, 2.45) is 5.92 Å². The molecule has 0 aliphatic heterocycles. The lowest BCUT2D eigenvalue weighted by atomic mass is 10.1. The number of hydrogen-bond acceptors (Lipinski definition) is 5. The Morgan fingerprint density at radius 1 is 1.43 bits per heavy atom. The summed E-state index contributed by atoms with van der Waals surface area (Å²) in [6, 6.07) is 8.71. The monoisotopic (exact) mass is 285 g/mol. The van der Waals surface area contributed by atoms with Gasteiger partial charge < -0.3 is 9.72 Å². The van der Waals surface area contributed by atoms with Crippen LogP contribution in [0.3, 0.4) is 0 Å². The second kappa shape index (κ2) is 6.18. The van der Waals surface area contributed by atoms with Crippen LogP contribution in [-0.4, -0.2) is 22.5 Å². The largest absolute Gasteiger partial charge is 0.464 e. The van der Waals surface area contributed by atoms with Crippen LogP contribution in [0.25, 0.3) is 11.0 Å². The highest BCUT2D eigenvalue weighted by molar-refractivity contribution is 5.82. The normalized spacial score (nSPS) is 12.1. The number of hydrogen-bond donors (Lipinski definition) is 1. The molecule has 0 aliphatic rings. The molecule has 2 rings (SSSR count). The summed E-state index contributed by atoms with van der Waals surface area (Å²) in [4.78, 5) is 30.7. The summed E-state index contributed by atoms with van der Waals surface area (Å²) in [6.45, 7) is 3.97. The van der Waals surface area contributed by atoms with Gasteiger partial charge in [-0.2, -0.15) is 5.26 Å². The number of fused-ring (bicyclic) bond motifs is 1.